The summed E-state index contributed by atoms with van der Waals surface area (Å²) in [7, 11) is -1.49. The quantitative estimate of drug-likeness (QED) is 0.802. The van der Waals surface area contributed by atoms with Crippen molar-refractivity contribution >= 4 is 26.0 Å². The van der Waals surface area contributed by atoms with Crippen molar-refractivity contribution in [3.63, 3.8) is 0 Å². The highest BCUT2D eigenvalue weighted by Crippen LogP contribution is 2.31. The molecule has 2 aromatic rings. The third kappa shape index (κ3) is 3.50. The van der Waals surface area contributed by atoms with Gasteiger partial charge in [0.05, 0.1) is 10.9 Å². The zero-order valence-corrected chi connectivity index (χ0v) is 15.3. The third-order valence-corrected chi connectivity index (χ3v) is 6.59. The molecule has 1 heterocycles. The van der Waals surface area contributed by atoms with Crippen LogP contribution in [0.25, 0.3) is 0 Å². The Hall–Kier alpha value is -1.21. The lowest BCUT2D eigenvalue weighted by atomic mass is 10.1. The van der Waals surface area contributed by atoms with Gasteiger partial charge in [-0.3, -0.25) is 0 Å². The Kier molecular flexibility index (Phi) is 4.87. The van der Waals surface area contributed by atoms with Gasteiger partial charge >= 0.3 is 0 Å². The van der Waals surface area contributed by atoms with Crippen molar-refractivity contribution in [2.75, 3.05) is 26.7 Å². The number of nitrogens with zero attached hydrogens (tertiary/aromatic N) is 2. The highest BCUT2D eigenvalue weighted by molar-refractivity contribution is 9.10. The van der Waals surface area contributed by atoms with E-state index in [1.54, 1.807) is 28.6 Å². The van der Waals surface area contributed by atoms with Crippen LogP contribution < -0.4 is 0 Å². The van der Waals surface area contributed by atoms with E-state index >= 15 is 0 Å². The van der Waals surface area contributed by atoms with Crippen molar-refractivity contribution in [1.29, 1.82) is 0 Å². The second kappa shape index (κ2) is 6.73. The number of halogens is 1. The first-order valence-electron chi connectivity index (χ1n) is 7.49. The highest BCUT2D eigenvalue weighted by atomic mass is 79.9. The molecule has 1 aliphatic rings. The maximum absolute atomic E-state index is 13.1. The van der Waals surface area contributed by atoms with Gasteiger partial charge in [0.2, 0.25) is 10.0 Å². The molecule has 23 heavy (non-hydrogen) atoms. The zero-order chi connectivity index (χ0) is 16.4. The van der Waals surface area contributed by atoms with E-state index in [0.717, 1.165) is 16.6 Å². The van der Waals surface area contributed by atoms with Gasteiger partial charge in [0.15, 0.2) is 0 Å². The summed E-state index contributed by atoms with van der Waals surface area (Å²) in [6.45, 7) is 1.92. The molecule has 0 aromatic heterocycles. The Morgan fingerprint density at radius 3 is 2.30 bits per heavy atom. The fraction of sp³-hybridized carbons (Fsp3) is 0.294. The second-order valence-electron chi connectivity index (χ2n) is 5.76. The first-order chi connectivity index (χ1) is 11.0. The van der Waals surface area contributed by atoms with Crippen LogP contribution in [0.3, 0.4) is 0 Å². The van der Waals surface area contributed by atoms with Crippen LogP contribution in [0.2, 0.25) is 0 Å². The van der Waals surface area contributed by atoms with Crippen LogP contribution in [-0.2, 0) is 10.0 Å². The number of benzene rings is 2. The van der Waals surface area contributed by atoms with Crippen LogP contribution in [0, 0.1) is 0 Å². The summed E-state index contributed by atoms with van der Waals surface area (Å²) in [6, 6.07) is 16.5. The van der Waals surface area contributed by atoms with Gasteiger partial charge in [-0.05, 0) is 36.9 Å². The fourth-order valence-corrected chi connectivity index (χ4v) is 4.74. The van der Waals surface area contributed by atoms with Gasteiger partial charge in [-0.15, -0.1) is 0 Å². The summed E-state index contributed by atoms with van der Waals surface area (Å²) >= 11 is 3.35. The number of piperazine rings is 1. The number of hydrogen-bond donors (Lipinski definition) is 0. The van der Waals surface area contributed by atoms with E-state index in [4.69, 9.17) is 0 Å². The number of sulfonamides is 1. The maximum Gasteiger partial charge on any atom is 0.243 e. The lowest BCUT2D eigenvalue weighted by Gasteiger charge is -2.39. The average Bonchev–Trinajstić information content (AvgIpc) is 2.56. The molecular weight excluding hydrogens is 376 g/mol. The van der Waals surface area contributed by atoms with Crippen LogP contribution in [0.4, 0.5) is 0 Å². The highest BCUT2D eigenvalue weighted by Gasteiger charge is 2.35. The van der Waals surface area contributed by atoms with Crippen LogP contribution in [0.1, 0.15) is 11.6 Å². The molecule has 0 amide bonds. The predicted molar refractivity (Wildman–Crippen MR) is 94.7 cm³/mol. The lowest BCUT2D eigenvalue weighted by Crippen LogP contribution is -2.49. The summed E-state index contributed by atoms with van der Waals surface area (Å²) in [5.74, 6) is 0. The van der Waals surface area contributed by atoms with E-state index in [1.807, 2.05) is 37.4 Å². The maximum atomic E-state index is 13.1. The molecule has 0 radical (unpaired) electrons. The second-order valence-corrected chi connectivity index (χ2v) is 8.56. The van der Waals surface area contributed by atoms with Crippen molar-refractivity contribution in [3.8, 4) is 0 Å². The standard InChI is InChI=1S/C17H19BrN2O2S/c1-19-11-12-20(17(13-19)14-5-3-2-4-6-14)23(21,22)16-9-7-15(18)8-10-16/h2-10,17H,11-13H2,1H3/t17-/m0/s1. The minimum Gasteiger partial charge on any atom is -0.303 e. The van der Waals surface area contributed by atoms with E-state index in [9.17, 15) is 8.42 Å². The molecule has 122 valence electrons. The van der Waals surface area contributed by atoms with Gasteiger partial charge < -0.3 is 4.90 Å². The molecule has 0 N–H and O–H groups in total. The summed E-state index contributed by atoms with van der Waals surface area (Å²) < 4.78 is 28.7. The molecule has 0 unspecified atom stereocenters. The van der Waals surface area contributed by atoms with Gasteiger partial charge in [-0.25, -0.2) is 8.42 Å². The zero-order valence-electron chi connectivity index (χ0n) is 12.9. The molecular formula is C17H19BrN2O2S. The fourth-order valence-electron chi connectivity index (χ4n) is 2.88. The van der Waals surface area contributed by atoms with Crippen LogP contribution in [0.15, 0.2) is 64.0 Å². The molecule has 1 atom stereocenters. The Bertz CT molecular complexity index is 763. The van der Waals surface area contributed by atoms with Gasteiger partial charge in [-0.1, -0.05) is 46.3 Å². The van der Waals surface area contributed by atoms with Crippen LogP contribution >= 0.6 is 15.9 Å². The van der Waals surface area contributed by atoms with Gasteiger partial charge in [0.25, 0.3) is 0 Å². The number of hydrogen-bond acceptors (Lipinski definition) is 3. The summed E-state index contributed by atoms with van der Waals surface area (Å²) in [4.78, 5) is 2.51. The monoisotopic (exact) mass is 394 g/mol. The van der Waals surface area contributed by atoms with Gasteiger partial charge in [-0.2, -0.15) is 4.31 Å². The van der Waals surface area contributed by atoms with Crippen molar-refractivity contribution in [1.82, 2.24) is 9.21 Å². The Morgan fingerprint density at radius 1 is 1.00 bits per heavy atom. The van der Waals surface area contributed by atoms with Gasteiger partial charge in [0.1, 0.15) is 0 Å². The number of likely N-dealkylation sites (N-methyl/N-ethyl adjacent to an activating group) is 1. The topological polar surface area (TPSA) is 40.6 Å². The normalized spacial score (nSPS) is 20.5. The molecule has 2 aromatic carbocycles. The largest absolute Gasteiger partial charge is 0.303 e. The van der Waals surface area contributed by atoms with E-state index < -0.39 is 10.0 Å². The summed E-state index contributed by atoms with van der Waals surface area (Å²) in [5, 5.41) is 0. The smallest absolute Gasteiger partial charge is 0.243 e. The molecule has 0 saturated carbocycles. The summed E-state index contributed by atoms with van der Waals surface area (Å²) in [5.41, 5.74) is 1.03. The van der Waals surface area contributed by atoms with E-state index in [-0.39, 0.29) is 6.04 Å². The molecule has 1 saturated heterocycles. The first-order valence-corrected chi connectivity index (χ1v) is 9.73. The molecule has 4 nitrogen and oxygen atoms in total. The van der Waals surface area contributed by atoms with Crippen molar-refractivity contribution in [2.24, 2.45) is 0 Å². The third-order valence-electron chi connectivity index (χ3n) is 4.14. The van der Waals surface area contributed by atoms with E-state index in [1.165, 1.54) is 0 Å². The number of rotatable bonds is 3. The van der Waals surface area contributed by atoms with Crippen LogP contribution in [0.5, 0.6) is 0 Å². The molecule has 6 heteroatoms. The van der Waals surface area contributed by atoms with Crippen molar-refractivity contribution in [2.45, 2.75) is 10.9 Å². The van der Waals surface area contributed by atoms with Crippen molar-refractivity contribution < 1.29 is 8.42 Å². The van der Waals surface area contributed by atoms with Gasteiger partial charge in [0, 0.05) is 24.1 Å². The molecule has 0 spiro atoms. The van der Waals surface area contributed by atoms with Crippen LogP contribution in [-0.4, -0.2) is 44.3 Å². The molecule has 0 bridgehead atoms. The lowest BCUT2D eigenvalue weighted by molar-refractivity contribution is 0.160. The first kappa shape index (κ1) is 16.6. The predicted octanol–water partition coefficient (Wildman–Crippen LogP) is 3.13. The minimum atomic E-state index is -3.51. The van der Waals surface area contributed by atoms with E-state index in [2.05, 4.69) is 20.8 Å². The Labute approximate surface area is 145 Å². The molecule has 1 aliphatic heterocycles. The molecule has 1 fully saturated rings. The van der Waals surface area contributed by atoms with Crippen molar-refractivity contribution in [3.05, 3.63) is 64.6 Å². The van der Waals surface area contributed by atoms with E-state index in [0.29, 0.717) is 18.0 Å². The molecule has 0 aliphatic carbocycles. The Balaban J connectivity index is 1.99. The Morgan fingerprint density at radius 2 is 1.65 bits per heavy atom. The minimum absolute atomic E-state index is 0.163. The molecule has 3 rings (SSSR count). The average molecular weight is 395 g/mol. The SMILES string of the molecule is CN1CCN(S(=O)(=O)c2ccc(Br)cc2)[C@H](c2ccccc2)C1. The summed E-state index contributed by atoms with van der Waals surface area (Å²) in [6.07, 6.45) is 0.